The molecule has 4 rings (SSSR count). The van der Waals surface area contributed by atoms with Crippen LogP contribution in [0.1, 0.15) is 29.8 Å². The number of hydrogen-bond donors (Lipinski definition) is 1. The summed E-state index contributed by atoms with van der Waals surface area (Å²) in [5.74, 6) is 0.619. The van der Waals surface area contributed by atoms with E-state index in [9.17, 15) is 9.59 Å². The molecule has 124 valence electrons. The Hall–Kier alpha value is -2.63. The first-order chi connectivity index (χ1) is 11.7. The molecule has 1 N–H and O–H groups in total. The molecule has 0 unspecified atom stereocenters. The fourth-order valence-corrected chi connectivity index (χ4v) is 3.11. The highest BCUT2D eigenvalue weighted by Crippen LogP contribution is 2.31. The quantitative estimate of drug-likeness (QED) is 0.934. The van der Waals surface area contributed by atoms with E-state index in [2.05, 4.69) is 10.5 Å². The van der Waals surface area contributed by atoms with Crippen LogP contribution in [0.15, 0.2) is 40.9 Å². The number of amides is 2. The van der Waals surface area contributed by atoms with E-state index in [1.165, 1.54) is 0 Å². The normalized spacial score (nSPS) is 22.4. The monoisotopic (exact) mass is 325 g/mol. The number of rotatable bonds is 4. The summed E-state index contributed by atoms with van der Waals surface area (Å²) in [5, 5.41) is 6.77. The van der Waals surface area contributed by atoms with Gasteiger partial charge in [-0.25, -0.2) is 0 Å². The Morgan fingerprint density at radius 2 is 1.92 bits per heavy atom. The maximum Gasteiger partial charge on any atom is 0.273 e. The number of aromatic nitrogens is 1. The minimum Gasteiger partial charge on any atom is -0.355 e. The van der Waals surface area contributed by atoms with Crippen LogP contribution >= 0.6 is 0 Å². The first kappa shape index (κ1) is 14.9. The molecule has 0 spiro atoms. The van der Waals surface area contributed by atoms with Gasteiger partial charge in [-0.1, -0.05) is 35.5 Å². The van der Waals surface area contributed by atoms with Crippen molar-refractivity contribution in [1.29, 1.82) is 0 Å². The van der Waals surface area contributed by atoms with Crippen molar-refractivity contribution in [2.45, 2.75) is 25.3 Å². The summed E-state index contributed by atoms with van der Waals surface area (Å²) in [4.78, 5) is 26.2. The van der Waals surface area contributed by atoms with E-state index in [0.717, 1.165) is 25.1 Å². The Kier molecular flexibility index (Phi) is 3.80. The largest absolute Gasteiger partial charge is 0.355 e. The van der Waals surface area contributed by atoms with E-state index >= 15 is 0 Å². The summed E-state index contributed by atoms with van der Waals surface area (Å²) in [7, 11) is 0. The number of benzene rings is 1. The van der Waals surface area contributed by atoms with Crippen molar-refractivity contribution in [2.24, 2.45) is 5.92 Å². The minimum absolute atomic E-state index is 0.0459. The van der Waals surface area contributed by atoms with Gasteiger partial charge in [0, 0.05) is 36.7 Å². The van der Waals surface area contributed by atoms with E-state index < -0.39 is 0 Å². The summed E-state index contributed by atoms with van der Waals surface area (Å²) in [5.41, 5.74) is 1.15. The summed E-state index contributed by atoms with van der Waals surface area (Å²) in [6, 6.07) is 11.2. The smallest absolute Gasteiger partial charge is 0.273 e. The molecule has 2 amide bonds. The third-order valence-corrected chi connectivity index (χ3v) is 4.79. The third kappa shape index (κ3) is 2.79. The fraction of sp³-hybridized carbons (Fsp3) is 0.389. The molecule has 2 heterocycles. The fourth-order valence-electron chi connectivity index (χ4n) is 3.11. The van der Waals surface area contributed by atoms with Crippen molar-refractivity contribution in [3.8, 4) is 11.3 Å². The Morgan fingerprint density at radius 3 is 2.58 bits per heavy atom. The second-order valence-electron chi connectivity index (χ2n) is 6.46. The van der Waals surface area contributed by atoms with Crippen molar-refractivity contribution in [3.63, 3.8) is 0 Å². The second-order valence-corrected chi connectivity index (χ2v) is 6.46. The maximum atomic E-state index is 12.2. The molecule has 1 saturated heterocycles. The van der Waals surface area contributed by atoms with E-state index in [0.29, 0.717) is 18.6 Å². The van der Waals surface area contributed by atoms with Gasteiger partial charge in [0.2, 0.25) is 5.91 Å². The molecular formula is C18H19N3O3. The highest BCUT2D eigenvalue weighted by Gasteiger charge is 2.39. The lowest BCUT2D eigenvalue weighted by Gasteiger charge is -2.40. The molecular weight excluding hydrogens is 306 g/mol. The predicted molar refractivity (Wildman–Crippen MR) is 87.1 cm³/mol. The van der Waals surface area contributed by atoms with Gasteiger partial charge in [-0.3, -0.25) is 9.59 Å². The first-order valence-electron chi connectivity index (χ1n) is 8.32. The van der Waals surface area contributed by atoms with Gasteiger partial charge in [0.05, 0.1) is 0 Å². The number of likely N-dealkylation sites (tertiary alicyclic amines) is 1. The summed E-state index contributed by atoms with van der Waals surface area (Å²) in [6.45, 7) is 1.77. The highest BCUT2D eigenvalue weighted by molar-refractivity contribution is 5.93. The van der Waals surface area contributed by atoms with Crippen LogP contribution in [0.3, 0.4) is 0 Å². The summed E-state index contributed by atoms with van der Waals surface area (Å²) < 4.78 is 5.25. The van der Waals surface area contributed by atoms with Crippen LogP contribution < -0.4 is 5.32 Å². The third-order valence-electron chi connectivity index (χ3n) is 4.79. The lowest BCUT2D eigenvalue weighted by atomic mass is 9.78. The van der Waals surface area contributed by atoms with Crippen LogP contribution in [0.2, 0.25) is 0 Å². The Balaban J connectivity index is 1.31. The van der Waals surface area contributed by atoms with Crippen LogP contribution in [-0.4, -0.2) is 41.0 Å². The van der Waals surface area contributed by atoms with Crippen LogP contribution in [0.4, 0.5) is 0 Å². The number of nitrogens with zero attached hydrogens (tertiary/aromatic N) is 2. The maximum absolute atomic E-state index is 12.2. The molecule has 2 fully saturated rings. The van der Waals surface area contributed by atoms with Gasteiger partial charge in [-0.05, 0) is 19.3 Å². The van der Waals surface area contributed by atoms with Crippen LogP contribution in [-0.2, 0) is 4.79 Å². The molecule has 0 radical (unpaired) electrons. The average Bonchev–Trinajstić information content (AvgIpc) is 2.99. The van der Waals surface area contributed by atoms with Gasteiger partial charge in [0.15, 0.2) is 11.5 Å². The molecule has 24 heavy (non-hydrogen) atoms. The Bertz CT molecular complexity index is 746. The van der Waals surface area contributed by atoms with Crippen LogP contribution in [0, 0.1) is 5.92 Å². The molecule has 0 atom stereocenters. The van der Waals surface area contributed by atoms with E-state index in [4.69, 9.17) is 4.52 Å². The van der Waals surface area contributed by atoms with Crippen LogP contribution in [0.5, 0.6) is 0 Å². The van der Waals surface area contributed by atoms with Crippen molar-refractivity contribution in [3.05, 3.63) is 42.1 Å². The van der Waals surface area contributed by atoms with Gasteiger partial charge in [-0.2, -0.15) is 0 Å². The Labute approximate surface area is 139 Å². The van der Waals surface area contributed by atoms with Crippen molar-refractivity contribution in [2.75, 3.05) is 13.1 Å². The summed E-state index contributed by atoms with van der Waals surface area (Å²) in [6.07, 6.45) is 2.53. The summed E-state index contributed by atoms with van der Waals surface area (Å²) >= 11 is 0. The van der Waals surface area contributed by atoms with Gasteiger partial charge in [0.1, 0.15) is 0 Å². The number of carbonyl (C=O) groups excluding carboxylic acids is 2. The van der Waals surface area contributed by atoms with Crippen molar-refractivity contribution in [1.82, 2.24) is 15.4 Å². The van der Waals surface area contributed by atoms with Crippen LogP contribution in [0.25, 0.3) is 11.3 Å². The zero-order chi connectivity index (χ0) is 16.5. The predicted octanol–water partition coefficient (Wildman–Crippen LogP) is 2.08. The molecule has 1 saturated carbocycles. The van der Waals surface area contributed by atoms with Gasteiger partial charge < -0.3 is 14.7 Å². The molecule has 1 aliphatic carbocycles. The molecule has 2 aromatic rings. The molecule has 1 aromatic heterocycles. The van der Waals surface area contributed by atoms with Gasteiger partial charge in [-0.15, -0.1) is 0 Å². The zero-order valence-corrected chi connectivity index (χ0v) is 13.3. The standard InChI is InChI=1S/C18H19N3O3/c22-17(15-11-16(24-20-15)12-5-2-1-3-6-12)19-14-9-13(10-14)18(23)21-7-4-8-21/h1-3,5-6,11,13-14H,4,7-10H2,(H,19,22). The van der Waals surface area contributed by atoms with Gasteiger partial charge in [0.25, 0.3) is 5.91 Å². The van der Waals surface area contributed by atoms with Crippen molar-refractivity contribution >= 4 is 11.8 Å². The van der Waals surface area contributed by atoms with E-state index in [-0.39, 0.29) is 29.5 Å². The van der Waals surface area contributed by atoms with Gasteiger partial charge >= 0.3 is 0 Å². The van der Waals surface area contributed by atoms with E-state index in [1.807, 2.05) is 35.2 Å². The first-order valence-corrected chi connectivity index (χ1v) is 8.32. The SMILES string of the molecule is O=C(NC1CC(C(=O)N2CCC2)C1)c1cc(-c2ccccc2)on1. The molecule has 6 nitrogen and oxygen atoms in total. The van der Waals surface area contributed by atoms with Crippen molar-refractivity contribution < 1.29 is 14.1 Å². The molecule has 2 aliphatic rings. The lowest BCUT2D eigenvalue weighted by molar-refractivity contribution is -0.142. The second kappa shape index (κ2) is 6.11. The Morgan fingerprint density at radius 1 is 1.17 bits per heavy atom. The number of hydrogen-bond acceptors (Lipinski definition) is 4. The minimum atomic E-state index is -0.249. The molecule has 0 bridgehead atoms. The molecule has 1 aliphatic heterocycles. The number of carbonyl (C=O) groups is 2. The zero-order valence-electron chi connectivity index (χ0n) is 13.3. The number of nitrogens with one attached hydrogen (secondary N) is 1. The highest BCUT2D eigenvalue weighted by atomic mass is 16.5. The van der Waals surface area contributed by atoms with E-state index in [1.54, 1.807) is 6.07 Å². The topological polar surface area (TPSA) is 75.4 Å². The molecule has 6 heteroatoms. The average molecular weight is 325 g/mol. The lowest BCUT2D eigenvalue weighted by Crippen LogP contribution is -2.53. The molecule has 1 aromatic carbocycles.